The smallest absolute Gasteiger partial charge is 0.453 e. The van der Waals surface area contributed by atoms with E-state index in [-0.39, 0.29) is 5.78 Å². The van der Waals surface area contributed by atoms with Crippen LogP contribution in [0.25, 0.3) is 5.78 Å². The maximum atomic E-state index is 13.0. The lowest BCUT2D eigenvalue weighted by Crippen LogP contribution is -2.46. The zero-order valence-electron chi connectivity index (χ0n) is 16.5. The lowest BCUT2D eigenvalue weighted by molar-refractivity contribution is -0.144. The first-order valence-corrected chi connectivity index (χ1v) is 9.90. The summed E-state index contributed by atoms with van der Waals surface area (Å²) >= 11 is 0. The van der Waals surface area contributed by atoms with Gasteiger partial charge in [0.2, 0.25) is 0 Å². The Morgan fingerprint density at radius 1 is 1.07 bits per heavy atom. The van der Waals surface area contributed by atoms with E-state index in [1.54, 1.807) is 13.0 Å². The van der Waals surface area contributed by atoms with Crippen LogP contribution >= 0.6 is 0 Å². The zero-order chi connectivity index (χ0) is 20.9. The van der Waals surface area contributed by atoms with E-state index in [2.05, 4.69) is 32.1 Å². The highest BCUT2D eigenvalue weighted by atomic mass is 19.4. The molecule has 4 heterocycles. The van der Waals surface area contributed by atoms with Crippen molar-refractivity contribution in [2.75, 3.05) is 37.7 Å². The van der Waals surface area contributed by atoms with Gasteiger partial charge in [0.15, 0.2) is 0 Å². The predicted molar refractivity (Wildman–Crippen MR) is 104 cm³/mol. The van der Waals surface area contributed by atoms with Gasteiger partial charge in [-0.3, -0.25) is 4.90 Å². The Bertz CT molecular complexity index is 1090. The average Bonchev–Trinajstić information content (AvgIpc) is 3.34. The number of anilines is 1. The summed E-state index contributed by atoms with van der Waals surface area (Å²) in [4.78, 5) is 12.1. The molecule has 1 aromatic carbocycles. The molecule has 0 aliphatic carbocycles. The third-order valence-corrected chi connectivity index (χ3v) is 5.53. The number of piperazine rings is 1. The summed E-state index contributed by atoms with van der Waals surface area (Å²) in [7, 11) is 0. The van der Waals surface area contributed by atoms with Crippen LogP contribution in [0.1, 0.15) is 22.6 Å². The molecule has 158 valence electrons. The number of hydrogen-bond acceptors (Lipinski definition) is 6. The standard InChI is InChI=1S/C20H21F3N6O/c1-13-10-17(29-19(24-13)25-18(26-29)20(21,22)23)28-7-5-27(6-8-28)12-14-2-3-16-15(11-14)4-9-30-16/h2-3,10-11H,4-9,12H2,1H3. The van der Waals surface area contributed by atoms with Crippen LogP contribution in [0, 0.1) is 6.92 Å². The van der Waals surface area contributed by atoms with Gasteiger partial charge in [-0.2, -0.15) is 22.7 Å². The largest absolute Gasteiger partial charge is 0.493 e. The molecule has 0 radical (unpaired) electrons. The second-order valence-corrected chi connectivity index (χ2v) is 7.70. The number of benzene rings is 1. The van der Waals surface area contributed by atoms with Gasteiger partial charge in [-0.1, -0.05) is 12.1 Å². The number of hydrogen-bond donors (Lipinski definition) is 0. The average molecular weight is 418 g/mol. The van der Waals surface area contributed by atoms with Crippen molar-refractivity contribution in [1.82, 2.24) is 24.5 Å². The van der Waals surface area contributed by atoms with Gasteiger partial charge >= 0.3 is 6.18 Å². The minimum atomic E-state index is -4.60. The van der Waals surface area contributed by atoms with E-state index >= 15 is 0 Å². The maximum absolute atomic E-state index is 13.0. The molecule has 0 spiro atoms. The van der Waals surface area contributed by atoms with E-state index in [9.17, 15) is 13.2 Å². The Hall–Kier alpha value is -2.88. The number of ether oxygens (including phenoxy) is 1. The van der Waals surface area contributed by atoms with E-state index in [0.717, 1.165) is 38.4 Å². The SMILES string of the molecule is Cc1cc(N2CCN(Cc3ccc4c(c3)CCO4)CC2)n2nc(C(F)(F)F)nc2n1. The lowest BCUT2D eigenvalue weighted by Gasteiger charge is -2.36. The van der Waals surface area contributed by atoms with Crippen molar-refractivity contribution in [3.8, 4) is 5.75 Å². The highest BCUT2D eigenvalue weighted by Crippen LogP contribution is 2.29. The quantitative estimate of drug-likeness (QED) is 0.652. The molecule has 5 rings (SSSR count). The summed E-state index contributed by atoms with van der Waals surface area (Å²) in [6, 6.07) is 8.10. The number of fused-ring (bicyclic) bond motifs is 2. The summed E-state index contributed by atoms with van der Waals surface area (Å²) in [5.74, 6) is 0.378. The molecule has 0 amide bonds. The maximum Gasteiger partial charge on any atom is 0.453 e. The second-order valence-electron chi connectivity index (χ2n) is 7.70. The molecule has 1 saturated heterocycles. The predicted octanol–water partition coefficient (Wildman–Crippen LogP) is 2.71. The topological polar surface area (TPSA) is 58.8 Å². The Kier molecular flexibility index (Phi) is 4.53. The Morgan fingerprint density at radius 3 is 2.63 bits per heavy atom. The van der Waals surface area contributed by atoms with Crippen LogP contribution in [0.5, 0.6) is 5.75 Å². The Balaban J connectivity index is 1.31. The molecule has 2 aliphatic heterocycles. The van der Waals surface area contributed by atoms with Gasteiger partial charge in [-0.15, -0.1) is 5.10 Å². The van der Waals surface area contributed by atoms with Crippen LogP contribution in [0.15, 0.2) is 24.3 Å². The molecule has 2 aliphatic rings. The first kappa shape index (κ1) is 19.1. The molecule has 0 N–H and O–H groups in total. The second kappa shape index (κ2) is 7.12. The molecule has 0 unspecified atom stereocenters. The fourth-order valence-corrected chi connectivity index (χ4v) is 4.04. The first-order chi connectivity index (χ1) is 14.4. The van der Waals surface area contributed by atoms with E-state index in [0.29, 0.717) is 24.6 Å². The van der Waals surface area contributed by atoms with E-state index in [4.69, 9.17) is 4.74 Å². The van der Waals surface area contributed by atoms with Crippen LogP contribution in [-0.4, -0.2) is 57.3 Å². The summed E-state index contributed by atoms with van der Waals surface area (Å²) in [5, 5.41) is 3.67. The van der Waals surface area contributed by atoms with Gasteiger partial charge in [-0.25, -0.2) is 4.98 Å². The van der Waals surface area contributed by atoms with Crippen molar-refractivity contribution in [3.63, 3.8) is 0 Å². The van der Waals surface area contributed by atoms with Crippen LogP contribution in [0.2, 0.25) is 0 Å². The fourth-order valence-electron chi connectivity index (χ4n) is 4.04. The van der Waals surface area contributed by atoms with Gasteiger partial charge in [0, 0.05) is 50.9 Å². The first-order valence-electron chi connectivity index (χ1n) is 9.90. The summed E-state index contributed by atoms with van der Waals surface area (Å²) < 4.78 is 45.9. The normalized spacial score (nSPS) is 17.4. The summed E-state index contributed by atoms with van der Waals surface area (Å²) in [6.45, 7) is 6.32. The summed E-state index contributed by atoms with van der Waals surface area (Å²) in [6.07, 6.45) is -3.65. The van der Waals surface area contributed by atoms with Crippen molar-refractivity contribution in [2.24, 2.45) is 0 Å². The van der Waals surface area contributed by atoms with Gasteiger partial charge in [0.25, 0.3) is 11.6 Å². The lowest BCUT2D eigenvalue weighted by atomic mass is 10.1. The number of halogens is 3. The number of aryl methyl sites for hydroxylation is 1. The Morgan fingerprint density at radius 2 is 1.87 bits per heavy atom. The Labute approximate surface area is 171 Å². The number of alkyl halides is 3. The number of rotatable bonds is 3. The molecule has 2 aromatic heterocycles. The van der Waals surface area contributed by atoms with Crippen LogP contribution in [0.3, 0.4) is 0 Å². The molecule has 1 fully saturated rings. The van der Waals surface area contributed by atoms with Gasteiger partial charge in [-0.05, 0) is 24.1 Å². The number of nitrogens with zero attached hydrogens (tertiary/aromatic N) is 6. The molecule has 0 saturated carbocycles. The molecule has 0 atom stereocenters. The van der Waals surface area contributed by atoms with Crippen molar-refractivity contribution in [2.45, 2.75) is 26.1 Å². The molecule has 30 heavy (non-hydrogen) atoms. The van der Waals surface area contributed by atoms with Crippen LogP contribution in [-0.2, 0) is 19.1 Å². The monoisotopic (exact) mass is 418 g/mol. The van der Waals surface area contributed by atoms with Crippen molar-refractivity contribution >= 4 is 11.6 Å². The van der Waals surface area contributed by atoms with Crippen molar-refractivity contribution in [3.05, 3.63) is 46.9 Å². The molecule has 0 bridgehead atoms. The third-order valence-electron chi connectivity index (χ3n) is 5.53. The third kappa shape index (κ3) is 3.55. The molecule has 7 nitrogen and oxygen atoms in total. The minimum absolute atomic E-state index is 0.0277. The highest BCUT2D eigenvalue weighted by molar-refractivity contribution is 5.48. The molecular formula is C20H21F3N6O. The molecule has 3 aromatic rings. The van der Waals surface area contributed by atoms with E-state index in [1.807, 2.05) is 11.0 Å². The van der Waals surface area contributed by atoms with Gasteiger partial charge in [0.1, 0.15) is 11.6 Å². The number of aromatic nitrogens is 4. The zero-order valence-corrected chi connectivity index (χ0v) is 16.5. The molecule has 10 heteroatoms. The van der Waals surface area contributed by atoms with Crippen molar-refractivity contribution < 1.29 is 17.9 Å². The molecular weight excluding hydrogens is 397 g/mol. The highest BCUT2D eigenvalue weighted by Gasteiger charge is 2.37. The van der Waals surface area contributed by atoms with E-state index < -0.39 is 12.0 Å². The van der Waals surface area contributed by atoms with Crippen molar-refractivity contribution in [1.29, 1.82) is 0 Å². The summed E-state index contributed by atoms with van der Waals surface area (Å²) in [5.41, 5.74) is 3.12. The van der Waals surface area contributed by atoms with Crippen LogP contribution in [0.4, 0.5) is 19.0 Å². The van der Waals surface area contributed by atoms with Gasteiger partial charge in [0.05, 0.1) is 6.61 Å². The fraction of sp³-hybridized carbons (Fsp3) is 0.450. The van der Waals surface area contributed by atoms with Gasteiger partial charge < -0.3 is 9.64 Å². The minimum Gasteiger partial charge on any atom is -0.493 e. The van der Waals surface area contributed by atoms with Crippen LogP contribution < -0.4 is 9.64 Å². The van der Waals surface area contributed by atoms with E-state index in [1.165, 1.54) is 15.6 Å².